The molecule has 0 unspecified atom stereocenters. The van der Waals surface area contributed by atoms with Crippen molar-refractivity contribution >= 4 is 17.7 Å². The maximum absolute atomic E-state index is 12.2. The smallest absolute Gasteiger partial charge is 0.277 e. The van der Waals surface area contributed by atoms with Gasteiger partial charge in [-0.25, -0.2) is 0 Å². The molecule has 7 heteroatoms. The lowest BCUT2D eigenvalue weighted by Crippen LogP contribution is -2.44. The van der Waals surface area contributed by atoms with E-state index in [1.54, 1.807) is 12.3 Å². The summed E-state index contributed by atoms with van der Waals surface area (Å²) >= 11 is 1.26. The van der Waals surface area contributed by atoms with E-state index in [1.807, 2.05) is 6.92 Å². The number of aromatic nitrogens is 2. The van der Waals surface area contributed by atoms with Crippen LogP contribution in [-0.4, -0.2) is 27.9 Å². The third kappa shape index (κ3) is 3.83. The molecule has 1 saturated carbocycles. The first-order valence-electron chi connectivity index (χ1n) is 8.34. The molecule has 0 radical (unpaired) electrons. The minimum Gasteiger partial charge on any atom is -0.469 e. The average molecular weight is 349 g/mol. The number of rotatable bonds is 5. The van der Waals surface area contributed by atoms with Crippen LogP contribution in [0.5, 0.6) is 0 Å². The van der Waals surface area contributed by atoms with Crippen LogP contribution in [0, 0.1) is 18.8 Å². The van der Waals surface area contributed by atoms with Crippen LogP contribution in [0.25, 0.3) is 11.5 Å². The second-order valence-corrected chi connectivity index (χ2v) is 7.42. The summed E-state index contributed by atoms with van der Waals surface area (Å²) in [4.78, 5) is 12.2. The van der Waals surface area contributed by atoms with Gasteiger partial charge in [0.05, 0.1) is 17.6 Å². The highest BCUT2D eigenvalue weighted by atomic mass is 32.2. The van der Waals surface area contributed by atoms with Crippen LogP contribution in [0.4, 0.5) is 0 Å². The molecule has 3 atom stereocenters. The van der Waals surface area contributed by atoms with Gasteiger partial charge in [-0.2, -0.15) is 0 Å². The lowest BCUT2D eigenvalue weighted by atomic mass is 9.78. The molecule has 0 saturated heterocycles. The molecule has 0 aromatic carbocycles. The number of thioether (sulfide) groups is 1. The highest BCUT2D eigenvalue weighted by Gasteiger charge is 2.28. The van der Waals surface area contributed by atoms with Gasteiger partial charge in [-0.15, -0.1) is 10.2 Å². The predicted octanol–water partition coefficient (Wildman–Crippen LogP) is 3.67. The van der Waals surface area contributed by atoms with Gasteiger partial charge in [-0.3, -0.25) is 4.79 Å². The van der Waals surface area contributed by atoms with Crippen LogP contribution in [0.1, 0.15) is 38.9 Å². The van der Waals surface area contributed by atoms with Crippen molar-refractivity contribution in [2.75, 3.05) is 5.75 Å². The number of aryl methyl sites for hydroxylation is 1. The molecule has 1 N–H and O–H groups in total. The zero-order valence-electron chi connectivity index (χ0n) is 14.2. The molecule has 24 heavy (non-hydrogen) atoms. The molecule has 6 nitrogen and oxygen atoms in total. The Bertz CT molecular complexity index is 697. The molecule has 1 aliphatic carbocycles. The number of amides is 1. The van der Waals surface area contributed by atoms with Crippen molar-refractivity contribution in [2.24, 2.45) is 11.8 Å². The molecule has 2 heterocycles. The molecular weight excluding hydrogens is 326 g/mol. The molecule has 0 bridgehead atoms. The van der Waals surface area contributed by atoms with E-state index in [9.17, 15) is 4.79 Å². The summed E-state index contributed by atoms with van der Waals surface area (Å²) < 4.78 is 10.8. The van der Waals surface area contributed by atoms with Crippen molar-refractivity contribution in [3.8, 4) is 11.5 Å². The van der Waals surface area contributed by atoms with Crippen LogP contribution in [0.2, 0.25) is 0 Å². The van der Waals surface area contributed by atoms with Gasteiger partial charge < -0.3 is 14.2 Å². The fourth-order valence-electron chi connectivity index (χ4n) is 3.15. The molecular formula is C17H23N3O3S. The Hall–Kier alpha value is -1.76. The van der Waals surface area contributed by atoms with E-state index in [0.717, 1.165) is 17.7 Å². The summed E-state index contributed by atoms with van der Waals surface area (Å²) in [5.74, 6) is 2.63. The fraction of sp³-hybridized carbons (Fsp3) is 0.588. The Kier molecular flexibility index (Phi) is 5.28. The van der Waals surface area contributed by atoms with E-state index >= 15 is 0 Å². The van der Waals surface area contributed by atoms with Gasteiger partial charge in [-0.1, -0.05) is 38.5 Å². The zero-order valence-corrected chi connectivity index (χ0v) is 15.1. The number of furan rings is 1. The molecule has 1 amide bonds. The standard InChI is InChI=1S/C17H23N3O3S/c1-10-5-4-6-14(11(10)2)18-15(21)9-24-17-20-19-16(23-17)13-7-8-22-12(13)3/h7-8,10-11,14H,4-6,9H2,1-3H3,(H,18,21)/t10-,11+,14+/m0/s1. The van der Waals surface area contributed by atoms with Crippen LogP contribution >= 0.6 is 11.8 Å². The van der Waals surface area contributed by atoms with Crippen molar-refractivity contribution in [3.63, 3.8) is 0 Å². The topological polar surface area (TPSA) is 81.2 Å². The molecule has 0 spiro atoms. The van der Waals surface area contributed by atoms with Crippen molar-refractivity contribution in [3.05, 3.63) is 18.1 Å². The van der Waals surface area contributed by atoms with Crippen molar-refractivity contribution < 1.29 is 13.6 Å². The Morgan fingerprint density at radius 2 is 2.21 bits per heavy atom. The molecule has 2 aromatic heterocycles. The lowest BCUT2D eigenvalue weighted by molar-refractivity contribution is -0.120. The van der Waals surface area contributed by atoms with Gasteiger partial charge in [0.1, 0.15) is 5.76 Å². The number of carbonyl (C=O) groups excluding carboxylic acids is 1. The first kappa shape index (κ1) is 17.1. The quantitative estimate of drug-likeness (QED) is 0.830. The molecule has 0 aliphatic heterocycles. The third-order valence-electron chi connectivity index (χ3n) is 4.88. The minimum atomic E-state index is 0.0187. The van der Waals surface area contributed by atoms with Crippen molar-refractivity contribution in [1.82, 2.24) is 15.5 Å². The van der Waals surface area contributed by atoms with Crippen LogP contribution in [0.15, 0.2) is 26.4 Å². The summed E-state index contributed by atoms with van der Waals surface area (Å²) in [6.07, 6.45) is 5.08. The van der Waals surface area contributed by atoms with Gasteiger partial charge in [0.25, 0.3) is 11.1 Å². The highest BCUT2D eigenvalue weighted by molar-refractivity contribution is 7.99. The highest BCUT2D eigenvalue weighted by Crippen LogP contribution is 2.30. The number of carbonyl (C=O) groups is 1. The Morgan fingerprint density at radius 1 is 1.38 bits per heavy atom. The second kappa shape index (κ2) is 7.42. The van der Waals surface area contributed by atoms with E-state index < -0.39 is 0 Å². The van der Waals surface area contributed by atoms with Gasteiger partial charge in [0, 0.05) is 6.04 Å². The molecule has 2 aromatic rings. The number of hydrogen-bond donors (Lipinski definition) is 1. The molecule has 1 aliphatic rings. The van der Waals surface area contributed by atoms with Crippen molar-refractivity contribution in [2.45, 2.75) is 51.3 Å². The van der Waals surface area contributed by atoms with E-state index in [2.05, 4.69) is 29.4 Å². The van der Waals surface area contributed by atoms with E-state index in [0.29, 0.717) is 22.9 Å². The largest absolute Gasteiger partial charge is 0.469 e. The predicted molar refractivity (Wildman–Crippen MR) is 91.6 cm³/mol. The molecule has 3 rings (SSSR count). The minimum absolute atomic E-state index is 0.0187. The lowest BCUT2D eigenvalue weighted by Gasteiger charge is -2.34. The summed E-state index contributed by atoms with van der Waals surface area (Å²) in [7, 11) is 0. The summed E-state index contributed by atoms with van der Waals surface area (Å²) in [6, 6.07) is 2.06. The van der Waals surface area contributed by atoms with E-state index in [-0.39, 0.29) is 17.7 Å². The van der Waals surface area contributed by atoms with Crippen LogP contribution in [0.3, 0.4) is 0 Å². The first-order valence-corrected chi connectivity index (χ1v) is 9.33. The SMILES string of the molecule is Cc1occc1-c1nnc(SCC(=O)N[C@@H]2CCC[C@H](C)[C@H]2C)o1. The van der Waals surface area contributed by atoms with E-state index in [4.69, 9.17) is 8.83 Å². The Morgan fingerprint density at radius 3 is 2.96 bits per heavy atom. The summed E-state index contributed by atoms with van der Waals surface area (Å²) in [5, 5.41) is 11.5. The third-order valence-corrected chi connectivity index (χ3v) is 5.69. The monoisotopic (exact) mass is 349 g/mol. The fourth-order valence-corrected chi connectivity index (χ4v) is 3.72. The maximum Gasteiger partial charge on any atom is 0.277 e. The van der Waals surface area contributed by atoms with Gasteiger partial charge >= 0.3 is 0 Å². The Balaban J connectivity index is 1.52. The van der Waals surface area contributed by atoms with Crippen LogP contribution < -0.4 is 5.32 Å². The number of nitrogens with one attached hydrogen (secondary N) is 1. The van der Waals surface area contributed by atoms with E-state index in [1.165, 1.54) is 24.6 Å². The molecule has 130 valence electrons. The van der Waals surface area contributed by atoms with Crippen LogP contribution in [-0.2, 0) is 4.79 Å². The summed E-state index contributed by atoms with van der Waals surface area (Å²) in [5.41, 5.74) is 0.781. The number of hydrogen-bond acceptors (Lipinski definition) is 6. The van der Waals surface area contributed by atoms with Gasteiger partial charge in [0.2, 0.25) is 5.91 Å². The average Bonchev–Trinajstić information content (AvgIpc) is 3.18. The van der Waals surface area contributed by atoms with Gasteiger partial charge in [-0.05, 0) is 31.2 Å². The normalized spacial score (nSPS) is 24.0. The van der Waals surface area contributed by atoms with Gasteiger partial charge in [0.15, 0.2) is 0 Å². The zero-order chi connectivity index (χ0) is 17.1. The Labute approximate surface area is 145 Å². The van der Waals surface area contributed by atoms with Crippen molar-refractivity contribution in [1.29, 1.82) is 0 Å². The first-order chi connectivity index (χ1) is 11.5. The maximum atomic E-state index is 12.2. The second-order valence-electron chi connectivity index (χ2n) is 6.49. The summed E-state index contributed by atoms with van der Waals surface area (Å²) in [6.45, 7) is 6.32. The molecule has 1 fully saturated rings. The number of nitrogens with zero attached hydrogens (tertiary/aromatic N) is 2.